The Labute approximate surface area is 129 Å². The summed E-state index contributed by atoms with van der Waals surface area (Å²) in [6.45, 7) is -0.0869. The molecule has 21 heavy (non-hydrogen) atoms. The molecule has 1 aromatic carbocycles. The molecule has 0 spiro atoms. The van der Waals surface area contributed by atoms with Crippen LogP contribution in [0.5, 0.6) is 0 Å². The van der Waals surface area contributed by atoms with Gasteiger partial charge in [0.25, 0.3) is 0 Å². The van der Waals surface area contributed by atoms with Gasteiger partial charge in [0.2, 0.25) is 15.9 Å². The van der Waals surface area contributed by atoms with E-state index in [-0.39, 0.29) is 23.0 Å². The Morgan fingerprint density at radius 1 is 1.48 bits per heavy atom. The van der Waals surface area contributed by atoms with Gasteiger partial charge in [-0.3, -0.25) is 4.79 Å². The van der Waals surface area contributed by atoms with Crippen molar-refractivity contribution < 1.29 is 13.2 Å². The third-order valence-electron chi connectivity index (χ3n) is 2.60. The molecule has 114 valence electrons. The second kappa shape index (κ2) is 7.43. The highest BCUT2D eigenvalue weighted by Gasteiger charge is 2.25. The summed E-state index contributed by atoms with van der Waals surface area (Å²) in [7, 11) is -1.10. The van der Waals surface area contributed by atoms with E-state index in [9.17, 15) is 13.2 Å². The molecule has 0 unspecified atom stereocenters. The molecule has 1 amide bonds. The van der Waals surface area contributed by atoms with Gasteiger partial charge in [-0.05, 0) is 18.2 Å². The fourth-order valence-corrected chi connectivity index (χ4v) is 3.12. The Hall–Kier alpha value is -1.59. The standard InChI is InChI=1S/C13H16ClN3O3S/c1-16-13(18)9-17(2)21(19,20)12-6-5-10(4-3-7-15)8-11(12)14/h5-6,8H,7,9,15H2,1-2H3,(H,16,18). The quantitative estimate of drug-likeness (QED) is 0.761. The first-order valence-electron chi connectivity index (χ1n) is 5.98. The summed E-state index contributed by atoms with van der Waals surface area (Å²) >= 11 is 6.00. The molecule has 1 rings (SSSR count). The van der Waals surface area contributed by atoms with Gasteiger partial charge in [-0.15, -0.1) is 0 Å². The van der Waals surface area contributed by atoms with Gasteiger partial charge in [-0.2, -0.15) is 4.31 Å². The minimum Gasteiger partial charge on any atom is -0.358 e. The zero-order valence-electron chi connectivity index (χ0n) is 11.7. The summed E-state index contributed by atoms with van der Waals surface area (Å²) in [6.07, 6.45) is 0. The topological polar surface area (TPSA) is 92.5 Å². The molecule has 0 aliphatic carbocycles. The highest BCUT2D eigenvalue weighted by Crippen LogP contribution is 2.24. The van der Waals surface area contributed by atoms with Crippen LogP contribution in [0.1, 0.15) is 5.56 Å². The van der Waals surface area contributed by atoms with Crippen LogP contribution in [0.25, 0.3) is 0 Å². The van der Waals surface area contributed by atoms with E-state index in [1.54, 1.807) is 0 Å². The largest absolute Gasteiger partial charge is 0.358 e. The van der Waals surface area contributed by atoms with Crippen molar-refractivity contribution in [3.05, 3.63) is 28.8 Å². The van der Waals surface area contributed by atoms with E-state index in [1.165, 1.54) is 32.3 Å². The molecule has 0 saturated carbocycles. The third kappa shape index (κ3) is 4.44. The van der Waals surface area contributed by atoms with Crippen molar-refractivity contribution in [2.24, 2.45) is 5.73 Å². The maximum Gasteiger partial charge on any atom is 0.244 e. The number of benzene rings is 1. The summed E-state index contributed by atoms with van der Waals surface area (Å²) in [6, 6.07) is 4.35. The maximum atomic E-state index is 12.3. The Morgan fingerprint density at radius 2 is 2.14 bits per heavy atom. The Kier molecular flexibility index (Phi) is 6.18. The van der Waals surface area contributed by atoms with E-state index < -0.39 is 15.9 Å². The molecule has 3 N–H and O–H groups in total. The molecule has 0 bridgehead atoms. The van der Waals surface area contributed by atoms with Crippen molar-refractivity contribution in [3.63, 3.8) is 0 Å². The molecule has 8 heteroatoms. The molecule has 0 saturated heterocycles. The number of carbonyl (C=O) groups is 1. The lowest BCUT2D eigenvalue weighted by Crippen LogP contribution is -2.37. The normalized spacial score (nSPS) is 10.9. The summed E-state index contributed by atoms with van der Waals surface area (Å²) in [4.78, 5) is 11.2. The number of nitrogens with one attached hydrogen (secondary N) is 1. The minimum atomic E-state index is -3.84. The van der Waals surface area contributed by atoms with Crippen LogP contribution in [0.15, 0.2) is 23.1 Å². The van der Waals surface area contributed by atoms with Crippen molar-refractivity contribution in [1.82, 2.24) is 9.62 Å². The van der Waals surface area contributed by atoms with Crippen LogP contribution in [0.4, 0.5) is 0 Å². The van der Waals surface area contributed by atoms with Crippen molar-refractivity contribution in [3.8, 4) is 11.8 Å². The molecular formula is C13H16ClN3O3S. The Bertz CT molecular complexity index is 692. The number of sulfonamides is 1. The smallest absolute Gasteiger partial charge is 0.244 e. The highest BCUT2D eigenvalue weighted by molar-refractivity contribution is 7.89. The zero-order valence-corrected chi connectivity index (χ0v) is 13.3. The van der Waals surface area contributed by atoms with E-state index in [0.29, 0.717) is 5.56 Å². The van der Waals surface area contributed by atoms with Crippen LogP contribution in [0.2, 0.25) is 5.02 Å². The molecule has 0 aliphatic rings. The number of halogens is 1. The van der Waals surface area contributed by atoms with Crippen molar-refractivity contribution in [2.75, 3.05) is 27.2 Å². The molecule has 0 aliphatic heterocycles. The minimum absolute atomic E-state index is 0.0441. The van der Waals surface area contributed by atoms with Gasteiger partial charge in [0, 0.05) is 19.7 Å². The summed E-state index contributed by atoms with van der Waals surface area (Å²) < 4.78 is 25.6. The van der Waals surface area contributed by atoms with E-state index in [4.69, 9.17) is 17.3 Å². The number of rotatable bonds is 4. The van der Waals surface area contributed by atoms with Gasteiger partial charge in [0.1, 0.15) is 4.90 Å². The molecule has 0 radical (unpaired) electrons. The number of nitrogens with two attached hydrogens (primary N) is 1. The number of hydrogen-bond donors (Lipinski definition) is 2. The second-order valence-corrected chi connectivity index (χ2v) is 6.51. The van der Waals surface area contributed by atoms with Crippen molar-refractivity contribution >= 4 is 27.5 Å². The van der Waals surface area contributed by atoms with Gasteiger partial charge >= 0.3 is 0 Å². The first-order valence-corrected chi connectivity index (χ1v) is 7.80. The van der Waals surface area contributed by atoms with Crippen molar-refractivity contribution in [1.29, 1.82) is 0 Å². The molecule has 0 fully saturated rings. The lowest BCUT2D eigenvalue weighted by molar-refractivity contribution is -0.120. The summed E-state index contributed by atoms with van der Waals surface area (Å²) in [5.74, 6) is 5.00. The predicted molar refractivity (Wildman–Crippen MR) is 81.3 cm³/mol. The van der Waals surface area contributed by atoms with E-state index in [2.05, 4.69) is 17.2 Å². The lowest BCUT2D eigenvalue weighted by atomic mass is 10.2. The van der Waals surface area contributed by atoms with Gasteiger partial charge in [-0.25, -0.2) is 8.42 Å². The van der Waals surface area contributed by atoms with Gasteiger partial charge in [0.05, 0.1) is 18.1 Å². The molecule has 0 atom stereocenters. The third-order valence-corrected chi connectivity index (χ3v) is 4.89. The number of nitrogens with zero attached hydrogens (tertiary/aromatic N) is 1. The number of carbonyl (C=O) groups excluding carboxylic acids is 1. The number of amides is 1. The average Bonchev–Trinajstić information content (AvgIpc) is 2.44. The van der Waals surface area contributed by atoms with E-state index in [1.807, 2.05) is 0 Å². The Balaban J connectivity index is 3.12. The van der Waals surface area contributed by atoms with Gasteiger partial charge in [-0.1, -0.05) is 23.4 Å². The fourth-order valence-electron chi connectivity index (χ4n) is 1.48. The average molecular weight is 330 g/mol. The molecule has 1 aromatic rings. The van der Waals surface area contributed by atoms with E-state index in [0.717, 1.165) is 4.31 Å². The monoisotopic (exact) mass is 329 g/mol. The van der Waals surface area contributed by atoms with Crippen LogP contribution < -0.4 is 11.1 Å². The van der Waals surface area contributed by atoms with Crippen LogP contribution in [-0.4, -0.2) is 45.8 Å². The van der Waals surface area contributed by atoms with Crippen LogP contribution in [0.3, 0.4) is 0 Å². The van der Waals surface area contributed by atoms with E-state index >= 15 is 0 Å². The molecule has 0 aromatic heterocycles. The van der Waals surface area contributed by atoms with Crippen molar-refractivity contribution in [2.45, 2.75) is 4.90 Å². The van der Waals surface area contributed by atoms with Crippen LogP contribution >= 0.6 is 11.6 Å². The number of likely N-dealkylation sites (N-methyl/N-ethyl adjacent to an activating group) is 2. The van der Waals surface area contributed by atoms with Crippen LogP contribution in [0, 0.1) is 11.8 Å². The highest BCUT2D eigenvalue weighted by atomic mass is 35.5. The Morgan fingerprint density at radius 3 is 2.67 bits per heavy atom. The SMILES string of the molecule is CNC(=O)CN(C)S(=O)(=O)c1ccc(C#CCN)cc1Cl. The molecule has 6 nitrogen and oxygen atoms in total. The molecule has 0 heterocycles. The van der Waals surface area contributed by atoms with Gasteiger partial charge in [0.15, 0.2) is 0 Å². The zero-order chi connectivity index (χ0) is 16.0. The number of hydrogen-bond acceptors (Lipinski definition) is 4. The molecular weight excluding hydrogens is 314 g/mol. The summed E-state index contributed by atoms with van der Waals surface area (Å²) in [5, 5.41) is 2.40. The van der Waals surface area contributed by atoms with Gasteiger partial charge < -0.3 is 11.1 Å². The van der Waals surface area contributed by atoms with Crippen LogP contribution in [-0.2, 0) is 14.8 Å². The lowest BCUT2D eigenvalue weighted by Gasteiger charge is -2.17. The predicted octanol–water partition coefficient (Wildman–Crippen LogP) is 0.0167. The first kappa shape index (κ1) is 17.5. The first-order chi connectivity index (χ1) is 9.82. The fraction of sp³-hybridized carbons (Fsp3) is 0.308. The summed E-state index contributed by atoms with van der Waals surface area (Å²) in [5.41, 5.74) is 5.83. The maximum absolute atomic E-state index is 12.3. The second-order valence-electron chi connectivity index (χ2n) is 4.09.